The molecule has 0 saturated carbocycles. The van der Waals surface area contributed by atoms with Crippen LogP contribution in [0, 0.1) is 13.8 Å². The number of hydrogen-bond acceptors (Lipinski definition) is 5. The van der Waals surface area contributed by atoms with Gasteiger partial charge >= 0.3 is 0 Å². The van der Waals surface area contributed by atoms with Crippen LogP contribution in [0.3, 0.4) is 0 Å². The summed E-state index contributed by atoms with van der Waals surface area (Å²) in [4.78, 5) is 8.29. The van der Waals surface area contributed by atoms with E-state index >= 15 is 0 Å². The van der Waals surface area contributed by atoms with Gasteiger partial charge in [-0.05, 0) is 25.5 Å². The lowest BCUT2D eigenvalue weighted by atomic mass is 10.2. The Bertz CT molecular complexity index is 910. The molecule has 0 N–H and O–H groups in total. The van der Waals surface area contributed by atoms with Gasteiger partial charge < -0.3 is 0 Å². The third kappa shape index (κ3) is 2.82. The minimum atomic E-state index is -3.56. The smallest absolute Gasteiger partial charge is 0.232 e. The first-order valence-electron chi connectivity index (χ1n) is 6.70. The van der Waals surface area contributed by atoms with E-state index in [2.05, 4.69) is 9.97 Å². The van der Waals surface area contributed by atoms with Crippen LogP contribution >= 0.6 is 11.3 Å². The van der Waals surface area contributed by atoms with Gasteiger partial charge in [-0.1, -0.05) is 18.2 Å². The number of benzene rings is 1. The van der Waals surface area contributed by atoms with Gasteiger partial charge in [0.15, 0.2) is 0 Å². The predicted octanol–water partition coefficient (Wildman–Crippen LogP) is 2.92. The number of aromatic nitrogens is 3. The lowest BCUT2D eigenvalue weighted by Gasteiger charge is -2.10. The maximum atomic E-state index is 12.7. The highest BCUT2D eigenvalue weighted by molar-refractivity contribution is 7.90. The van der Waals surface area contributed by atoms with Crippen molar-refractivity contribution < 1.29 is 8.42 Å². The lowest BCUT2D eigenvalue weighted by Crippen LogP contribution is -2.12. The monoisotopic (exact) mass is 333 g/mol. The van der Waals surface area contributed by atoms with Crippen LogP contribution in [-0.4, -0.2) is 23.0 Å². The molecule has 0 radical (unpaired) electrons. The number of imidazole rings is 1. The largest absolute Gasteiger partial charge is 0.290 e. The summed E-state index contributed by atoms with van der Waals surface area (Å²) >= 11 is 1.44. The average Bonchev–Trinajstić information content (AvgIpc) is 3.08. The summed E-state index contributed by atoms with van der Waals surface area (Å²) in [6.07, 6.45) is 3.17. The van der Waals surface area contributed by atoms with Crippen LogP contribution in [-0.2, 0) is 15.6 Å². The van der Waals surface area contributed by atoms with Crippen molar-refractivity contribution in [2.24, 2.45) is 0 Å². The first kappa shape index (κ1) is 14.9. The van der Waals surface area contributed by atoms with E-state index in [9.17, 15) is 8.42 Å². The second kappa shape index (κ2) is 5.66. The first-order valence-corrected chi connectivity index (χ1v) is 9.24. The highest BCUT2D eigenvalue weighted by Gasteiger charge is 2.23. The molecule has 3 aromatic rings. The molecule has 1 aromatic carbocycles. The summed E-state index contributed by atoms with van der Waals surface area (Å²) in [5, 5.41) is 2.67. The molecule has 0 amide bonds. The molecular formula is C15H15N3O2S2. The van der Waals surface area contributed by atoms with Gasteiger partial charge in [-0.3, -0.25) is 4.57 Å². The molecule has 2 heterocycles. The van der Waals surface area contributed by atoms with Gasteiger partial charge in [-0.15, -0.1) is 11.3 Å². The van der Waals surface area contributed by atoms with Crippen LogP contribution in [0.15, 0.2) is 47.2 Å². The molecule has 3 rings (SSSR count). The van der Waals surface area contributed by atoms with Crippen LogP contribution in [0.5, 0.6) is 0 Å². The summed E-state index contributed by atoms with van der Waals surface area (Å²) in [6, 6.07) is 7.61. The van der Waals surface area contributed by atoms with E-state index in [1.807, 2.05) is 38.1 Å². The summed E-state index contributed by atoms with van der Waals surface area (Å²) in [5.74, 6) is -0.139. The van der Waals surface area contributed by atoms with Crippen LogP contribution < -0.4 is 0 Å². The molecule has 114 valence electrons. The zero-order valence-electron chi connectivity index (χ0n) is 12.2. The van der Waals surface area contributed by atoms with Crippen molar-refractivity contribution in [2.45, 2.75) is 24.8 Å². The van der Waals surface area contributed by atoms with Gasteiger partial charge in [0, 0.05) is 17.8 Å². The lowest BCUT2D eigenvalue weighted by molar-refractivity contribution is 0.583. The van der Waals surface area contributed by atoms with Crippen molar-refractivity contribution >= 4 is 21.2 Å². The number of nitrogens with zero attached hydrogens (tertiary/aromatic N) is 3. The van der Waals surface area contributed by atoms with E-state index in [1.54, 1.807) is 16.1 Å². The van der Waals surface area contributed by atoms with Crippen molar-refractivity contribution in [1.82, 2.24) is 14.5 Å². The Morgan fingerprint density at radius 1 is 1.23 bits per heavy atom. The van der Waals surface area contributed by atoms with Gasteiger partial charge in [0.25, 0.3) is 0 Å². The molecule has 5 nitrogen and oxygen atoms in total. The fraction of sp³-hybridized carbons (Fsp3) is 0.200. The zero-order chi connectivity index (χ0) is 15.7. The Labute approximate surface area is 133 Å². The molecule has 0 atom stereocenters. The predicted molar refractivity (Wildman–Crippen MR) is 86.0 cm³/mol. The van der Waals surface area contributed by atoms with Crippen molar-refractivity contribution in [3.63, 3.8) is 0 Å². The summed E-state index contributed by atoms with van der Waals surface area (Å²) in [7, 11) is -3.56. The Balaban J connectivity index is 2.03. The van der Waals surface area contributed by atoms with E-state index < -0.39 is 9.84 Å². The Hall–Kier alpha value is -1.99. The fourth-order valence-electron chi connectivity index (χ4n) is 2.27. The van der Waals surface area contributed by atoms with E-state index in [0.29, 0.717) is 5.69 Å². The molecule has 0 saturated heterocycles. The maximum Gasteiger partial charge on any atom is 0.232 e. The quantitative estimate of drug-likeness (QED) is 0.736. The van der Waals surface area contributed by atoms with Crippen LogP contribution in [0.2, 0.25) is 0 Å². The minimum absolute atomic E-state index is 0.0486. The van der Waals surface area contributed by atoms with Crippen LogP contribution in [0.1, 0.15) is 16.3 Å². The molecule has 0 aliphatic heterocycles. The second-order valence-corrected chi connectivity index (χ2v) is 7.93. The van der Waals surface area contributed by atoms with Gasteiger partial charge in [0.1, 0.15) is 5.75 Å². The van der Waals surface area contributed by atoms with Crippen molar-refractivity contribution in [3.05, 3.63) is 58.3 Å². The third-order valence-corrected chi connectivity index (χ3v) is 5.62. The number of thiazole rings is 1. The number of rotatable bonds is 4. The van der Waals surface area contributed by atoms with Gasteiger partial charge in [0.2, 0.25) is 15.0 Å². The topological polar surface area (TPSA) is 64.8 Å². The van der Waals surface area contributed by atoms with Gasteiger partial charge in [0.05, 0.1) is 16.4 Å². The fourth-order valence-corrected chi connectivity index (χ4v) is 4.34. The van der Waals surface area contributed by atoms with E-state index in [-0.39, 0.29) is 10.9 Å². The number of para-hydroxylation sites is 1. The van der Waals surface area contributed by atoms with E-state index in [4.69, 9.17) is 0 Å². The third-order valence-electron chi connectivity index (χ3n) is 3.26. The van der Waals surface area contributed by atoms with Gasteiger partial charge in [-0.25, -0.2) is 18.4 Å². The normalized spacial score (nSPS) is 11.7. The average molecular weight is 333 g/mol. The molecular weight excluding hydrogens is 318 g/mol. The summed E-state index contributed by atoms with van der Waals surface area (Å²) in [5.41, 5.74) is 2.36. The van der Waals surface area contributed by atoms with Crippen molar-refractivity contribution in [1.29, 1.82) is 0 Å². The van der Waals surface area contributed by atoms with Crippen LogP contribution in [0.4, 0.5) is 0 Å². The molecule has 0 fully saturated rings. The molecule has 0 unspecified atom stereocenters. The van der Waals surface area contributed by atoms with E-state index in [0.717, 1.165) is 16.3 Å². The van der Waals surface area contributed by atoms with Crippen molar-refractivity contribution in [3.8, 4) is 5.69 Å². The molecule has 0 bridgehead atoms. The Morgan fingerprint density at radius 2 is 2.00 bits per heavy atom. The molecule has 2 aromatic heterocycles. The zero-order valence-corrected chi connectivity index (χ0v) is 13.9. The summed E-state index contributed by atoms with van der Waals surface area (Å²) < 4.78 is 26.9. The summed E-state index contributed by atoms with van der Waals surface area (Å²) in [6.45, 7) is 3.80. The SMILES string of the molecule is Cc1nc(CS(=O)(=O)c2nccn2-c2ccccc2C)cs1. The maximum absolute atomic E-state index is 12.7. The standard InChI is InChI=1S/C15H15N3O2S2/c1-11-5-3-4-6-14(11)18-8-7-16-15(18)22(19,20)10-13-9-21-12(2)17-13/h3-9H,10H2,1-2H3. The van der Waals surface area contributed by atoms with Gasteiger partial charge in [-0.2, -0.15) is 0 Å². The Morgan fingerprint density at radius 3 is 2.68 bits per heavy atom. The minimum Gasteiger partial charge on any atom is -0.290 e. The number of hydrogen-bond donors (Lipinski definition) is 0. The van der Waals surface area contributed by atoms with Crippen molar-refractivity contribution in [2.75, 3.05) is 0 Å². The first-order chi connectivity index (χ1) is 10.5. The highest BCUT2D eigenvalue weighted by Crippen LogP contribution is 2.21. The number of aryl methyl sites for hydroxylation is 2. The molecule has 22 heavy (non-hydrogen) atoms. The number of sulfone groups is 1. The molecule has 0 aliphatic carbocycles. The second-order valence-electron chi connectivity index (χ2n) is 4.98. The molecule has 0 aliphatic rings. The molecule has 0 spiro atoms. The van der Waals surface area contributed by atoms with E-state index in [1.165, 1.54) is 17.5 Å². The molecule has 7 heteroatoms. The Kier molecular flexibility index (Phi) is 3.84. The van der Waals surface area contributed by atoms with Crippen LogP contribution in [0.25, 0.3) is 5.69 Å². The highest BCUT2D eigenvalue weighted by atomic mass is 32.2.